The van der Waals surface area contributed by atoms with Crippen molar-refractivity contribution in [1.82, 2.24) is 0 Å². The zero-order chi connectivity index (χ0) is 24.5. The predicted octanol–water partition coefficient (Wildman–Crippen LogP) is 9.71. The number of benzene rings is 2. The Morgan fingerprint density at radius 3 is 1.85 bits per heavy atom. The Balaban J connectivity index is 0.000000277. The lowest BCUT2D eigenvalue weighted by atomic mass is 9.98. The molecule has 0 saturated heterocycles. The Bertz CT molecular complexity index is 716. The van der Waals surface area contributed by atoms with E-state index in [1.54, 1.807) is 0 Å². The van der Waals surface area contributed by atoms with Crippen LogP contribution in [0.2, 0.25) is 0 Å². The van der Waals surface area contributed by atoms with E-state index in [1.807, 2.05) is 13.8 Å². The molecular weight excluding hydrogens is 404 g/mol. The molecule has 0 N–H and O–H groups in total. The molecule has 2 aromatic carbocycles. The van der Waals surface area contributed by atoms with E-state index in [0.29, 0.717) is 12.2 Å². The maximum absolute atomic E-state index is 5.93. The molecule has 2 heteroatoms. The number of hydrogen-bond acceptors (Lipinski definition) is 2. The molecule has 2 aliphatic carbocycles. The standard InChI is InChI=1S/2C13H18O.C3H8.C2H6/c1-10-4-3-5-12(8-10)14-13-7-6-11(2)9-13;1-11-7-9-13(10-8-11)14-12-5-3-2-4-6-12;1-3-2;1-2/h3-5,8,11,13H,6-7,9H2,1-2H3;7-10,12H,2-6H2,1H3;3H2,1-2H3;1-2H3. The second-order valence-electron chi connectivity index (χ2n) is 9.37. The van der Waals surface area contributed by atoms with Gasteiger partial charge in [-0.1, -0.05) is 77.3 Å². The highest BCUT2D eigenvalue weighted by molar-refractivity contribution is 5.28. The van der Waals surface area contributed by atoms with Gasteiger partial charge in [0.1, 0.15) is 11.5 Å². The smallest absolute Gasteiger partial charge is 0.119 e. The highest BCUT2D eigenvalue weighted by Crippen LogP contribution is 2.28. The van der Waals surface area contributed by atoms with Crippen LogP contribution in [0.3, 0.4) is 0 Å². The molecule has 0 aromatic heterocycles. The van der Waals surface area contributed by atoms with Crippen LogP contribution in [0.5, 0.6) is 11.5 Å². The summed E-state index contributed by atoms with van der Waals surface area (Å²) >= 11 is 0. The van der Waals surface area contributed by atoms with Crippen LogP contribution < -0.4 is 9.47 Å². The summed E-state index contributed by atoms with van der Waals surface area (Å²) in [5.74, 6) is 2.90. The van der Waals surface area contributed by atoms with Crippen LogP contribution in [0.4, 0.5) is 0 Å². The fourth-order valence-electron chi connectivity index (χ4n) is 4.14. The van der Waals surface area contributed by atoms with Gasteiger partial charge in [-0.05, 0) is 94.5 Å². The van der Waals surface area contributed by atoms with E-state index in [1.165, 1.54) is 68.9 Å². The quantitative estimate of drug-likeness (QED) is 0.457. The lowest BCUT2D eigenvalue weighted by molar-refractivity contribution is 0.155. The molecule has 2 unspecified atom stereocenters. The Morgan fingerprint density at radius 2 is 1.30 bits per heavy atom. The van der Waals surface area contributed by atoms with Gasteiger partial charge in [0.15, 0.2) is 0 Å². The van der Waals surface area contributed by atoms with Crippen molar-refractivity contribution in [3.8, 4) is 11.5 Å². The first-order valence-electron chi connectivity index (χ1n) is 13.5. The lowest BCUT2D eigenvalue weighted by Gasteiger charge is -2.22. The number of rotatable bonds is 4. The van der Waals surface area contributed by atoms with Crippen molar-refractivity contribution in [3.63, 3.8) is 0 Å². The summed E-state index contributed by atoms with van der Waals surface area (Å²) < 4.78 is 11.8. The van der Waals surface area contributed by atoms with Crippen LogP contribution in [-0.2, 0) is 0 Å². The summed E-state index contributed by atoms with van der Waals surface area (Å²) in [5.41, 5.74) is 2.56. The molecular formula is C31H50O2. The summed E-state index contributed by atoms with van der Waals surface area (Å²) in [6, 6.07) is 16.7. The zero-order valence-electron chi connectivity index (χ0n) is 22.5. The number of aryl methyl sites for hydroxylation is 2. The molecule has 2 fully saturated rings. The molecule has 33 heavy (non-hydrogen) atoms. The van der Waals surface area contributed by atoms with Crippen molar-refractivity contribution in [1.29, 1.82) is 0 Å². The fourth-order valence-corrected chi connectivity index (χ4v) is 4.14. The molecule has 2 saturated carbocycles. The topological polar surface area (TPSA) is 18.5 Å². The highest BCUT2D eigenvalue weighted by atomic mass is 16.5. The largest absolute Gasteiger partial charge is 0.490 e. The van der Waals surface area contributed by atoms with Crippen LogP contribution >= 0.6 is 0 Å². The van der Waals surface area contributed by atoms with Crippen LogP contribution in [-0.4, -0.2) is 12.2 Å². The van der Waals surface area contributed by atoms with Gasteiger partial charge in [0, 0.05) is 0 Å². The maximum atomic E-state index is 5.93. The monoisotopic (exact) mass is 454 g/mol. The van der Waals surface area contributed by atoms with Crippen molar-refractivity contribution in [3.05, 3.63) is 59.7 Å². The van der Waals surface area contributed by atoms with E-state index in [0.717, 1.165) is 17.4 Å². The predicted molar refractivity (Wildman–Crippen MR) is 145 cm³/mol. The summed E-state index contributed by atoms with van der Waals surface area (Å²) in [6.07, 6.45) is 12.4. The van der Waals surface area contributed by atoms with Gasteiger partial charge in [0.2, 0.25) is 0 Å². The second-order valence-corrected chi connectivity index (χ2v) is 9.37. The van der Waals surface area contributed by atoms with Crippen molar-refractivity contribution in [2.24, 2.45) is 5.92 Å². The van der Waals surface area contributed by atoms with Crippen molar-refractivity contribution in [2.45, 2.75) is 118 Å². The first-order valence-corrected chi connectivity index (χ1v) is 13.5. The van der Waals surface area contributed by atoms with Crippen LogP contribution in [0.25, 0.3) is 0 Å². The van der Waals surface area contributed by atoms with Crippen LogP contribution in [0.15, 0.2) is 48.5 Å². The first-order chi connectivity index (χ1) is 16.0. The average Bonchev–Trinajstić information content (AvgIpc) is 3.23. The molecule has 0 spiro atoms. The van der Waals surface area contributed by atoms with Crippen molar-refractivity contribution in [2.75, 3.05) is 0 Å². The number of ether oxygens (including phenoxy) is 2. The van der Waals surface area contributed by atoms with E-state index < -0.39 is 0 Å². The summed E-state index contributed by atoms with van der Waals surface area (Å²) in [4.78, 5) is 0. The molecule has 0 amide bonds. The summed E-state index contributed by atoms with van der Waals surface area (Å²) in [5, 5.41) is 0. The maximum Gasteiger partial charge on any atom is 0.119 e. The summed E-state index contributed by atoms with van der Waals surface area (Å²) in [6.45, 7) is 14.8. The third kappa shape index (κ3) is 12.8. The Kier molecular flexibility index (Phi) is 15.4. The van der Waals surface area contributed by atoms with E-state index in [-0.39, 0.29) is 0 Å². The SMILES string of the molecule is CC.CCC.Cc1ccc(OC2CCCCC2)cc1.Cc1cccc(OC2CCC(C)C2)c1. The van der Waals surface area contributed by atoms with Gasteiger partial charge < -0.3 is 9.47 Å². The van der Waals surface area contributed by atoms with Gasteiger partial charge in [-0.15, -0.1) is 0 Å². The molecule has 0 aliphatic heterocycles. The third-order valence-electron chi connectivity index (χ3n) is 5.81. The van der Waals surface area contributed by atoms with Gasteiger partial charge >= 0.3 is 0 Å². The highest BCUT2D eigenvalue weighted by Gasteiger charge is 2.22. The Morgan fingerprint density at radius 1 is 0.697 bits per heavy atom. The van der Waals surface area contributed by atoms with Crippen LogP contribution in [0.1, 0.15) is 104 Å². The molecule has 0 heterocycles. The van der Waals surface area contributed by atoms with Gasteiger partial charge in [0.25, 0.3) is 0 Å². The van der Waals surface area contributed by atoms with Gasteiger partial charge in [-0.25, -0.2) is 0 Å². The van der Waals surface area contributed by atoms with E-state index in [9.17, 15) is 0 Å². The molecule has 0 bridgehead atoms. The third-order valence-corrected chi connectivity index (χ3v) is 5.81. The molecule has 2 nitrogen and oxygen atoms in total. The molecule has 2 aromatic rings. The van der Waals surface area contributed by atoms with E-state index >= 15 is 0 Å². The molecule has 0 radical (unpaired) electrons. The van der Waals surface area contributed by atoms with E-state index in [4.69, 9.17) is 9.47 Å². The lowest BCUT2D eigenvalue weighted by Crippen LogP contribution is -2.19. The first kappa shape index (κ1) is 29.1. The van der Waals surface area contributed by atoms with Crippen LogP contribution in [0, 0.1) is 19.8 Å². The Labute approximate surface area is 205 Å². The molecule has 186 valence electrons. The Hall–Kier alpha value is -1.96. The minimum atomic E-state index is 0.451. The number of hydrogen-bond donors (Lipinski definition) is 0. The molecule has 2 atom stereocenters. The van der Waals surface area contributed by atoms with Gasteiger partial charge in [-0.2, -0.15) is 0 Å². The minimum Gasteiger partial charge on any atom is -0.490 e. The summed E-state index contributed by atoms with van der Waals surface area (Å²) in [7, 11) is 0. The van der Waals surface area contributed by atoms with Gasteiger partial charge in [0.05, 0.1) is 12.2 Å². The van der Waals surface area contributed by atoms with Crippen molar-refractivity contribution >= 4 is 0 Å². The minimum absolute atomic E-state index is 0.451. The normalized spacial score (nSPS) is 19.6. The van der Waals surface area contributed by atoms with Crippen molar-refractivity contribution < 1.29 is 9.47 Å². The second kappa shape index (κ2) is 17.5. The fraction of sp³-hybridized carbons (Fsp3) is 0.613. The molecule has 4 rings (SSSR count). The van der Waals surface area contributed by atoms with E-state index in [2.05, 4.69) is 83.1 Å². The van der Waals surface area contributed by atoms with Gasteiger partial charge in [-0.3, -0.25) is 0 Å². The zero-order valence-corrected chi connectivity index (χ0v) is 22.5. The average molecular weight is 455 g/mol. The molecule has 2 aliphatic rings.